The zero-order chi connectivity index (χ0) is 21.7. The van der Waals surface area contributed by atoms with Crippen molar-refractivity contribution in [2.75, 3.05) is 5.32 Å². The first-order valence-electron chi connectivity index (χ1n) is 10.5. The van der Waals surface area contributed by atoms with Crippen LogP contribution < -0.4 is 10.6 Å². The van der Waals surface area contributed by atoms with Crippen molar-refractivity contribution < 1.29 is 18.5 Å². The Morgan fingerprint density at radius 1 is 1.19 bits per heavy atom. The second-order valence-electron chi connectivity index (χ2n) is 7.75. The minimum Gasteiger partial charge on any atom is -0.463 e. The van der Waals surface area contributed by atoms with Crippen LogP contribution in [0, 0.1) is 0 Å². The monoisotopic (exact) mass is 443 g/mol. The Bertz CT molecular complexity index is 1020. The Morgan fingerprint density at radius 3 is 2.71 bits per heavy atom. The van der Waals surface area contributed by atoms with Gasteiger partial charge in [0, 0.05) is 25.1 Å². The summed E-state index contributed by atoms with van der Waals surface area (Å²) < 4.78 is 10.7. The first-order valence-corrected chi connectivity index (χ1v) is 11.3. The lowest BCUT2D eigenvalue weighted by atomic mass is 9.89. The molecular weight excluding hydrogens is 418 g/mol. The van der Waals surface area contributed by atoms with Gasteiger partial charge >= 0.3 is 0 Å². The van der Waals surface area contributed by atoms with Gasteiger partial charge < -0.3 is 19.6 Å². The van der Waals surface area contributed by atoms with Gasteiger partial charge in [0.2, 0.25) is 17.7 Å². The summed E-state index contributed by atoms with van der Waals surface area (Å²) in [5.41, 5.74) is 0.0914. The normalized spacial score (nSPS) is 15.9. The first kappa shape index (κ1) is 21.2. The van der Waals surface area contributed by atoms with Crippen molar-refractivity contribution in [3.8, 4) is 11.5 Å². The van der Waals surface area contributed by atoms with E-state index in [-0.39, 0.29) is 18.2 Å². The lowest BCUT2D eigenvalue weighted by molar-refractivity contribution is -0.121. The van der Waals surface area contributed by atoms with Gasteiger partial charge in [0.05, 0.1) is 6.26 Å². The van der Waals surface area contributed by atoms with E-state index in [4.69, 9.17) is 8.94 Å². The summed E-state index contributed by atoms with van der Waals surface area (Å²) in [6.07, 6.45) is 7.91. The molecule has 31 heavy (non-hydrogen) atoms. The van der Waals surface area contributed by atoms with Crippen LogP contribution in [-0.2, 0) is 21.5 Å². The molecule has 0 atom stereocenters. The molecule has 2 N–H and O–H groups in total. The average Bonchev–Trinajstić information content (AvgIpc) is 3.47. The fourth-order valence-electron chi connectivity index (χ4n) is 3.90. The molecule has 1 saturated carbocycles. The number of anilines is 1. The van der Waals surface area contributed by atoms with Crippen molar-refractivity contribution in [2.45, 2.75) is 63.8 Å². The minimum absolute atomic E-state index is 0.106. The third-order valence-electron chi connectivity index (χ3n) is 5.36. The summed E-state index contributed by atoms with van der Waals surface area (Å²) in [5.74, 6) is 1.25. The summed E-state index contributed by atoms with van der Waals surface area (Å²) in [6, 6.07) is 3.60. The zero-order valence-corrected chi connectivity index (χ0v) is 18.2. The average molecular weight is 444 g/mol. The first-order chi connectivity index (χ1) is 15.0. The van der Waals surface area contributed by atoms with E-state index in [1.807, 2.05) is 11.4 Å². The molecule has 3 aromatic rings. The predicted octanol–water partition coefficient (Wildman–Crippen LogP) is 4.04. The van der Waals surface area contributed by atoms with Gasteiger partial charge in [-0.25, -0.2) is 4.98 Å². The molecule has 3 aromatic heterocycles. The maximum Gasteiger partial charge on any atom is 0.227 e. The zero-order valence-electron chi connectivity index (χ0n) is 17.3. The highest BCUT2D eigenvalue weighted by Crippen LogP contribution is 2.34. The molecule has 0 unspecified atom stereocenters. The van der Waals surface area contributed by atoms with E-state index in [1.54, 1.807) is 12.3 Å². The Labute approximate surface area is 183 Å². The molecule has 9 nitrogen and oxygen atoms in total. The van der Waals surface area contributed by atoms with E-state index >= 15 is 0 Å². The topological polar surface area (TPSA) is 123 Å². The van der Waals surface area contributed by atoms with E-state index < -0.39 is 5.54 Å². The quantitative estimate of drug-likeness (QED) is 0.528. The molecule has 2 amide bonds. The van der Waals surface area contributed by atoms with Crippen LogP contribution in [0.2, 0.25) is 0 Å². The van der Waals surface area contributed by atoms with Crippen LogP contribution in [0.25, 0.3) is 11.5 Å². The fraction of sp³-hybridized carbons (Fsp3) is 0.476. The molecule has 10 heteroatoms. The molecule has 4 rings (SSSR count). The van der Waals surface area contributed by atoms with Crippen LogP contribution in [0.1, 0.15) is 63.6 Å². The van der Waals surface area contributed by atoms with Gasteiger partial charge in [0.25, 0.3) is 0 Å². The molecule has 1 aliphatic rings. The number of carbonyl (C=O) groups excluding carboxylic acids is 2. The van der Waals surface area contributed by atoms with Gasteiger partial charge in [-0.1, -0.05) is 30.8 Å². The van der Waals surface area contributed by atoms with E-state index in [0.717, 1.165) is 38.5 Å². The Balaban J connectivity index is 1.36. The maximum atomic E-state index is 12.3. The van der Waals surface area contributed by atoms with E-state index in [0.29, 0.717) is 34.7 Å². The van der Waals surface area contributed by atoms with Crippen LogP contribution in [0.15, 0.2) is 32.7 Å². The number of aromatic nitrogens is 3. The van der Waals surface area contributed by atoms with Crippen molar-refractivity contribution in [3.63, 3.8) is 0 Å². The highest BCUT2D eigenvalue weighted by Gasteiger charge is 2.38. The number of rotatable bonds is 7. The minimum atomic E-state index is -0.588. The van der Waals surface area contributed by atoms with E-state index in [2.05, 4.69) is 25.8 Å². The highest BCUT2D eigenvalue weighted by atomic mass is 32.1. The van der Waals surface area contributed by atoms with Crippen LogP contribution in [0.5, 0.6) is 0 Å². The summed E-state index contributed by atoms with van der Waals surface area (Å²) in [7, 11) is 0. The summed E-state index contributed by atoms with van der Waals surface area (Å²) in [5, 5.41) is 12.3. The largest absolute Gasteiger partial charge is 0.463 e. The van der Waals surface area contributed by atoms with Gasteiger partial charge in [-0.2, -0.15) is 4.98 Å². The van der Waals surface area contributed by atoms with Gasteiger partial charge in [0.15, 0.2) is 16.7 Å². The highest BCUT2D eigenvalue weighted by molar-refractivity contribution is 7.14. The Morgan fingerprint density at radius 2 is 2.00 bits per heavy atom. The molecule has 0 bridgehead atoms. The number of carbonyl (C=O) groups is 2. The van der Waals surface area contributed by atoms with Crippen LogP contribution in [-0.4, -0.2) is 26.9 Å². The molecule has 0 radical (unpaired) electrons. The van der Waals surface area contributed by atoms with Crippen molar-refractivity contribution >= 4 is 28.3 Å². The molecule has 0 spiro atoms. The molecular formula is C21H25N5O4S. The summed E-state index contributed by atoms with van der Waals surface area (Å²) in [6.45, 7) is 1.51. The molecule has 1 fully saturated rings. The Hall–Kier alpha value is -3.01. The van der Waals surface area contributed by atoms with Gasteiger partial charge in [0.1, 0.15) is 11.2 Å². The molecule has 0 saturated heterocycles. The van der Waals surface area contributed by atoms with Gasteiger partial charge in [-0.15, -0.1) is 11.3 Å². The fourth-order valence-corrected chi connectivity index (χ4v) is 4.61. The number of aryl methyl sites for hydroxylation is 1. The molecule has 3 heterocycles. The Kier molecular flexibility index (Phi) is 6.45. The smallest absolute Gasteiger partial charge is 0.227 e. The lowest BCUT2D eigenvalue weighted by Crippen LogP contribution is -2.45. The molecule has 0 aromatic carbocycles. The standard InChI is InChI=1S/C21H25N5O4S/c1-14(27)25-21(10-4-2-3-5-11-21)19-24-18(30-26-19)9-8-17(28)23-20-22-15(13-31-20)16-7-6-12-29-16/h6-7,12-13H,2-5,8-11H2,1H3,(H,25,27)(H,22,23,28). The predicted molar refractivity (Wildman–Crippen MR) is 114 cm³/mol. The van der Waals surface area contributed by atoms with E-state index in [1.165, 1.54) is 18.3 Å². The summed E-state index contributed by atoms with van der Waals surface area (Å²) in [4.78, 5) is 33.0. The second-order valence-corrected chi connectivity index (χ2v) is 8.61. The molecule has 1 aliphatic carbocycles. The molecule has 164 valence electrons. The van der Waals surface area contributed by atoms with Crippen molar-refractivity contribution in [3.05, 3.63) is 35.5 Å². The number of furan rings is 1. The number of nitrogens with one attached hydrogen (secondary N) is 2. The van der Waals surface area contributed by atoms with Crippen LogP contribution in [0.4, 0.5) is 5.13 Å². The number of amides is 2. The van der Waals surface area contributed by atoms with Gasteiger partial charge in [-0.05, 0) is 25.0 Å². The number of hydrogen-bond acceptors (Lipinski definition) is 8. The maximum absolute atomic E-state index is 12.3. The molecule has 0 aliphatic heterocycles. The van der Waals surface area contributed by atoms with E-state index in [9.17, 15) is 9.59 Å². The van der Waals surface area contributed by atoms with Crippen LogP contribution >= 0.6 is 11.3 Å². The number of thiazole rings is 1. The second kappa shape index (κ2) is 9.42. The van der Waals surface area contributed by atoms with Gasteiger partial charge in [-0.3, -0.25) is 9.59 Å². The number of hydrogen-bond donors (Lipinski definition) is 2. The third-order valence-corrected chi connectivity index (χ3v) is 6.12. The third kappa shape index (κ3) is 5.19. The van der Waals surface area contributed by atoms with Crippen molar-refractivity contribution in [1.82, 2.24) is 20.4 Å². The lowest BCUT2D eigenvalue weighted by Gasteiger charge is -2.30. The van der Waals surface area contributed by atoms with Crippen LogP contribution in [0.3, 0.4) is 0 Å². The van der Waals surface area contributed by atoms with Crippen molar-refractivity contribution in [1.29, 1.82) is 0 Å². The number of nitrogens with zero attached hydrogens (tertiary/aromatic N) is 3. The summed E-state index contributed by atoms with van der Waals surface area (Å²) >= 11 is 1.33. The SMILES string of the molecule is CC(=O)NC1(c2noc(CCC(=O)Nc3nc(-c4ccco4)cs3)n2)CCCCCC1. The van der Waals surface area contributed by atoms with Crippen molar-refractivity contribution in [2.24, 2.45) is 0 Å².